The normalized spacial score (nSPS) is 20.2. The van der Waals surface area contributed by atoms with Crippen LogP contribution in [-0.2, 0) is 11.2 Å². The van der Waals surface area contributed by atoms with Gasteiger partial charge in [0.1, 0.15) is 5.75 Å². The molecule has 1 aromatic rings. The number of carbonyl (C=O) groups excluding carboxylic acids is 1. The maximum Gasteiger partial charge on any atom is 0.258 e. The second-order valence-electron chi connectivity index (χ2n) is 8.14. The van der Waals surface area contributed by atoms with Crippen molar-refractivity contribution in [2.45, 2.75) is 51.0 Å². The monoisotopic (exact) mass is 409 g/mol. The summed E-state index contributed by atoms with van der Waals surface area (Å²) in [4.78, 5) is 17.4. The molecule has 0 aromatic heterocycles. The van der Waals surface area contributed by atoms with Crippen LogP contribution in [0.2, 0.25) is 0 Å². The van der Waals surface area contributed by atoms with Gasteiger partial charge >= 0.3 is 0 Å². The minimum absolute atomic E-state index is 0. The Morgan fingerprint density at radius 2 is 1.71 bits per heavy atom. The third-order valence-electron chi connectivity index (χ3n) is 6.27. The second-order valence-corrected chi connectivity index (χ2v) is 8.14. The number of rotatable bonds is 7. The summed E-state index contributed by atoms with van der Waals surface area (Å²) in [5.74, 6) is 0.738. The first-order valence-electron chi connectivity index (χ1n) is 10.5. The summed E-state index contributed by atoms with van der Waals surface area (Å²) in [5, 5.41) is 3.18. The number of hydrogen-bond acceptors (Lipinski definition) is 4. The lowest BCUT2D eigenvalue weighted by molar-refractivity contribution is -0.124. The van der Waals surface area contributed by atoms with Gasteiger partial charge in [-0.15, -0.1) is 12.4 Å². The zero-order valence-electron chi connectivity index (χ0n) is 17.4. The molecule has 28 heavy (non-hydrogen) atoms. The first-order valence-corrected chi connectivity index (χ1v) is 10.5. The van der Waals surface area contributed by atoms with E-state index in [-0.39, 0.29) is 30.5 Å². The van der Waals surface area contributed by atoms with Gasteiger partial charge in [-0.3, -0.25) is 9.69 Å². The molecule has 1 aliphatic carbocycles. The van der Waals surface area contributed by atoms with Crippen molar-refractivity contribution in [1.82, 2.24) is 15.1 Å². The quantitative estimate of drug-likeness (QED) is 0.751. The minimum Gasteiger partial charge on any atom is -0.484 e. The van der Waals surface area contributed by atoms with Crippen LogP contribution in [0.25, 0.3) is 0 Å². The van der Waals surface area contributed by atoms with Crippen LogP contribution in [0.5, 0.6) is 5.75 Å². The van der Waals surface area contributed by atoms with Crippen LogP contribution in [0.4, 0.5) is 0 Å². The van der Waals surface area contributed by atoms with E-state index in [0.717, 1.165) is 44.9 Å². The maximum atomic E-state index is 12.4. The van der Waals surface area contributed by atoms with Crippen molar-refractivity contribution >= 4 is 18.3 Å². The molecule has 158 valence electrons. The van der Waals surface area contributed by atoms with Crippen molar-refractivity contribution in [2.24, 2.45) is 0 Å². The average Bonchev–Trinajstić information content (AvgIpc) is 2.72. The van der Waals surface area contributed by atoms with Gasteiger partial charge in [0.2, 0.25) is 0 Å². The van der Waals surface area contributed by atoms with Gasteiger partial charge in [-0.1, -0.05) is 38.3 Å². The molecule has 1 saturated heterocycles. The van der Waals surface area contributed by atoms with E-state index in [2.05, 4.69) is 41.2 Å². The summed E-state index contributed by atoms with van der Waals surface area (Å²) < 4.78 is 5.67. The van der Waals surface area contributed by atoms with Crippen molar-refractivity contribution in [2.75, 3.05) is 46.4 Å². The summed E-state index contributed by atoms with van der Waals surface area (Å²) in [6, 6.07) is 7.99. The summed E-state index contributed by atoms with van der Waals surface area (Å²) >= 11 is 0. The van der Waals surface area contributed by atoms with E-state index < -0.39 is 0 Å². The number of benzene rings is 1. The van der Waals surface area contributed by atoms with E-state index in [1.165, 1.54) is 37.7 Å². The Balaban J connectivity index is 0.00000280. The van der Waals surface area contributed by atoms with Crippen molar-refractivity contribution in [3.63, 3.8) is 0 Å². The number of ether oxygens (including phenoxy) is 1. The molecule has 1 aliphatic heterocycles. The molecular weight excluding hydrogens is 374 g/mol. The van der Waals surface area contributed by atoms with E-state index in [1.54, 1.807) is 0 Å². The van der Waals surface area contributed by atoms with Gasteiger partial charge in [0.25, 0.3) is 5.91 Å². The highest BCUT2D eigenvalue weighted by Gasteiger charge is 2.39. The van der Waals surface area contributed by atoms with Crippen LogP contribution in [0.3, 0.4) is 0 Å². The van der Waals surface area contributed by atoms with Crippen molar-refractivity contribution in [3.05, 3.63) is 29.8 Å². The molecule has 1 heterocycles. The molecule has 0 unspecified atom stereocenters. The number of hydrogen-bond donors (Lipinski definition) is 1. The Morgan fingerprint density at radius 3 is 2.32 bits per heavy atom. The van der Waals surface area contributed by atoms with Gasteiger partial charge in [-0.2, -0.15) is 0 Å². The Hall–Kier alpha value is -1.30. The largest absolute Gasteiger partial charge is 0.484 e. The molecule has 2 aliphatic rings. The van der Waals surface area contributed by atoms with Gasteiger partial charge in [-0.25, -0.2) is 0 Å². The van der Waals surface area contributed by atoms with Gasteiger partial charge in [0.05, 0.1) is 0 Å². The third-order valence-corrected chi connectivity index (χ3v) is 6.27. The SMILES string of the molecule is CCc1ccc(OCC(=O)NCC2(N3CCN(C)CC3)CCCCC2)cc1.Cl. The van der Waals surface area contributed by atoms with Crippen molar-refractivity contribution < 1.29 is 9.53 Å². The van der Waals surface area contributed by atoms with Crippen LogP contribution < -0.4 is 10.1 Å². The van der Waals surface area contributed by atoms with Crippen LogP contribution in [0.1, 0.15) is 44.6 Å². The van der Waals surface area contributed by atoms with E-state index in [4.69, 9.17) is 4.74 Å². The molecule has 0 radical (unpaired) electrons. The first kappa shape index (κ1) is 23.0. The molecule has 1 amide bonds. The minimum atomic E-state index is -0.0198. The predicted molar refractivity (Wildman–Crippen MR) is 116 cm³/mol. The summed E-state index contributed by atoms with van der Waals surface area (Å²) in [5.41, 5.74) is 1.41. The fourth-order valence-corrected chi connectivity index (χ4v) is 4.38. The molecule has 2 fully saturated rings. The van der Waals surface area contributed by atoms with Crippen LogP contribution in [-0.4, -0.2) is 67.6 Å². The lowest BCUT2D eigenvalue weighted by atomic mass is 9.79. The van der Waals surface area contributed by atoms with Gasteiger partial charge in [-0.05, 0) is 44.0 Å². The lowest BCUT2D eigenvalue weighted by Gasteiger charge is -2.49. The van der Waals surface area contributed by atoms with Crippen LogP contribution >= 0.6 is 12.4 Å². The number of aryl methyl sites for hydroxylation is 1. The van der Waals surface area contributed by atoms with Crippen molar-refractivity contribution in [1.29, 1.82) is 0 Å². The Kier molecular flexibility index (Phi) is 9.06. The Morgan fingerprint density at radius 1 is 1.07 bits per heavy atom. The third kappa shape index (κ3) is 6.10. The zero-order valence-corrected chi connectivity index (χ0v) is 18.2. The van der Waals surface area contributed by atoms with E-state index in [0.29, 0.717) is 0 Å². The molecule has 1 saturated carbocycles. The lowest BCUT2D eigenvalue weighted by Crippen LogP contribution is -2.61. The molecule has 5 nitrogen and oxygen atoms in total. The summed E-state index contributed by atoms with van der Waals surface area (Å²) in [6.45, 7) is 7.40. The highest BCUT2D eigenvalue weighted by atomic mass is 35.5. The molecular formula is C22H36ClN3O2. The molecule has 1 aromatic carbocycles. The highest BCUT2D eigenvalue weighted by Crippen LogP contribution is 2.34. The van der Waals surface area contributed by atoms with Crippen LogP contribution in [0.15, 0.2) is 24.3 Å². The molecule has 3 rings (SSSR count). The topological polar surface area (TPSA) is 44.8 Å². The Labute approximate surface area is 176 Å². The van der Waals surface area contributed by atoms with Gasteiger partial charge in [0, 0.05) is 38.3 Å². The maximum absolute atomic E-state index is 12.4. The van der Waals surface area contributed by atoms with Crippen LogP contribution in [0, 0.1) is 0 Å². The first-order chi connectivity index (χ1) is 13.1. The number of amides is 1. The molecule has 0 atom stereocenters. The number of likely N-dealkylation sites (N-methyl/N-ethyl adjacent to an activating group) is 1. The number of piperazine rings is 1. The molecule has 6 heteroatoms. The van der Waals surface area contributed by atoms with E-state index in [9.17, 15) is 4.79 Å². The number of halogens is 1. The Bertz CT molecular complexity index is 594. The fourth-order valence-electron chi connectivity index (χ4n) is 4.38. The highest BCUT2D eigenvalue weighted by molar-refractivity contribution is 5.85. The van der Waals surface area contributed by atoms with E-state index >= 15 is 0 Å². The number of nitrogens with one attached hydrogen (secondary N) is 1. The number of carbonyl (C=O) groups is 1. The van der Waals surface area contributed by atoms with Gasteiger partial charge in [0.15, 0.2) is 6.61 Å². The number of nitrogens with zero attached hydrogens (tertiary/aromatic N) is 2. The molecule has 0 spiro atoms. The summed E-state index contributed by atoms with van der Waals surface area (Å²) in [7, 11) is 2.19. The average molecular weight is 410 g/mol. The van der Waals surface area contributed by atoms with Gasteiger partial charge < -0.3 is 15.0 Å². The molecule has 1 N–H and O–H groups in total. The molecule has 0 bridgehead atoms. The second kappa shape index (κ2) is 11.0. The fraction of sp³-hybridized carbons (Fsp3) is 0.682. The van der Waals surface area contributed by atoms with Crippen molar-refractivity contribution in [3.8, 4) is 5.75 Å². The predicted octanol–water partition coefficient (Wildman–Crippen LogP) is 3.12. The standard InChI is InChI=1S/C22H35N3O2.ClH/c1-3-19-7-9-20(10-8-19)27-17-21(26)23-18-22(11-5-4-6-12-22)25-15-13-24(2)14-16-25;/h7-10H,3-6,11-18H2,1-2H3,(H,23,26);1H. The smallest absolute Gasteiger partial charge is 0.258 e. The summed E-state index contributed by atoms with van der Waals surface area (Å²) in [6.07, 6.45) is 7.24. The zero-order chi connectivity index (χ0) is 19.1. The van der Waals surface area contributed by atoms with E-state index in [1.807, 2.05) is 12.1 Å².